The summed E-state index contributed by atoms with van der Waals surface area (Å²) in [4.78, 5) is 14.1. The van der Waals surface area contributed by atoms with Crippen molar-refractivity contribution in [3.63, 3.8) is 0 Å². The molecule has 0 atom stereocenters. The van der Waals surface area contributed by atoms with Gasteiger partial charge in [-0.15, -0.1) is 0 Å². The molecule has 2 heterocycles. The zero-order valence-electron chi connectivity index (χ0n) is 5.73. The first kappa shape index (κ1) is 8.28. The number of fused-ring (bicyclic) bond motifs is 1. The van der Waals surface area contributed by atoms with E-state index in [0.29, 0.717) is 0 Å². The standard InChI is InChI=1S/C6H5N3.CH2.Pt/c1-2-5-6(7-3-1)9-4-8-5;;/h1-4H,(H,7,8,9);1H2;. The van der Waals surface area contributed by atoms with Crippen LogP contribution in [0.5, 0.6) is 0 Å². The van der Waals surface area contributed by atoms with Gasteiger partial charge in [0.1, 0.15) is 0 Å². The van der Waals surface area contributed by atoms with Crippen molar-refractivity contribution in [1.29, 1.82) is 0 Å². The van der Waals surface area contributed by atoms with Crippen LogP contribution in [0.3, 0.4) is 0 Å². The number of nitrogens with zero attached hydrogens (tertiary/aromatic N) is 2. The minimum Gasteiger partial charge on any atom is -0.343 e. The van der Waals surface area contributed by atoms with Crippen LogP contribution >= 0.6 is 0 Å². The molecule has 0 bridgehead atoms. The smallest absolute Gasteiger partial charge is 0.177 e. The number of aromatic nitrogens is 3. The van der Waals surface area contributed by atoms with E-state index in [1.165, 1.54) is 0 Å². The summed E-state index contributed by atoms with van der Waals surface area (Å²) in [5.74, 6) is 0. The van der Waals surface area contributed by atoms with E-state index in [0.717, 1.165) is 11.2 Å². The molecule has 2 aromatic rings. The summed E-state index contributed by atoms with van der Waals surface area (Å²) in [5, 5.41) is 0. The average molecular weight is 328 g/mol. The largest absolute Gasteiger partial charge is 0.343 e. The van der Waals surface area contributed by atoms with Crippen molar-refractivity contribution in [2.45, 2.75) is 0 Å². The fraction of sp³-hybridized carbons (Fsp3) is 0. The summed E-state index contributed by atoms with van der Waals surface area (Å²) in [7, 11) is 0. The van der Waals surface area contributed by atoms with Gasteiger partial charge in [-0.25, -0.2) is 9.97 Å². The van der Waals surface area contributed by atoms with Gasteiger partial charge in [-0.05, 0) is 12.1 Å². The van der Waals surface area contributed by atoms with E-state index in [1.54, 1.807) is 12.5 Å². The predicted octanol–water partition coefficient (Wildman–Crippen LogP) is 0.923. The van der Waals surface area contributed by atoms with Gasteiger partial charge in [-0.1, -0.05) is 0 Å². The van der Waals surface area contributed by atoms with Gasteiger partial charge in [0.15, 0.2) is 5.65 Å². The van der Waals surface area contributed by atoms with Crippen molar-refractivity contribution in [3.8, 4) is 0 Å². The van der Waals surface area contributed by atoms with Crippen molar-refractivity contribution >= 4 is 16.1 Å². The van der Waals surface area contributed by atoms with Crippen molar-refractivity contribution in [2.24, 2.45) is 0 Å². The number of hydrogen-bond donors (Lipinski definition) is 1. The number of pyridine rings is 1. The minimum atomic E-state index is 0.775. The Bertz CT molecular complexity index is 301. The van der Waals surface area contributed by atoms with Crippen molar-refractivity contribution in [2.75, 3.05) is 0 Å². The van der Waals surface area contributed by atoms with Crippen LogP contribution in [0.1, 0.15) is 0 Å². The molecule has 0 aliphatic heterocycles. The van der Waals surface area contributed by atoms with Crippen LogP contribution in [0.4, 0.5) is 0 Å². The van der Waals surface area contributed by atoms with E-state index in [1.807, 2.05) is 31.5 Å². The molecule has 0 aliphatic rings. The van der Waals surface area contributed by atoms with Crippen molar-refractivity contribution < 1.29 is 19.4 Å². The summed E-state index contributed by atoms with van der Waals surface area (Å²) in [5.41, 5.74) is 1.76. The van der Waals surface area contributed by atoms with Gasteiger partial charge in [0.05, 0.1) is 11.8 Å². The van der Waals surface area contributed by atoms with Crippen LogP contribution in [-0.4, -0.2) is 19.9 Å². The number of aromatic amines is 1. The maximum Gasteiger partial charge on any atom is 0.177 e. The number of nitrogens with one attached hydrogen (secondary N) is 1. The van der Waals surface area contributed by atoms with Crippen LogP contribution in [0, 0.1) is 0 Å². The Morgan fingerprint density at radius 3 is 2.91 bits per heavy atom. The molecule has 0 fully saturated rings. The molecular weight excluding hydrogens is 321 g/mol. The molecule has 2 rings (SSSR count). The second-order valence-corrected chi connectivity index (χ2v) is 1.78. The van der Waals surface area contributed by atoms with Crippen LogP contribution in [0.25, 0.3) is 11.2 Å². The number of H-pyrrole nitrogens is 1. The van der Waals surface area contributed by atoms with E-state index in [9.17, 15) is 0 Å². The Labute approximate surface area is 75.3 Å². The second-order valence-electron chi connectivity index (χ2n) is 1.78. The molecule has 1 N–H and O–H groups in total. The first-order valence-electron chi connectivity index (χ1n) is 2.93. The molecule has 0 radical (unpaired) electrons. The average Bonchev–Trinajstić information content (AvgIpc) is 2.55. The Morgan fingerprint density at radius 2 is 2.18 bits per heavy atom. The number of imidazole rings is 1. The molecule has 0 amide bonds. The molecular formula is C7H7N3Pt. The molecule has 4 heteroatoms. The molecule has 2 aromatic heterocycles. The SMILES string of the molecule is [CH2]=[Pt].c1cnc2nc[nH]c2c1. The maximum absolute atomic E-state index is 4.00. The minimum absolute atomic E-state index is 0.775. The fourth-order valence-electron chi connectivity index (χ4n) is 0.775. The van der Waals surface area contributed by atoms with E-state index < -0.39 is 0 Å². The quantitative estimate of drug-likeness (QED) is 0.782. The summed E-state index contributed by atoms with van der Waals surface area (Å²) in [6.45, 7) is 0. The van der Waals surface area contributed by atoms with Gasteiger partial charge in [0.2, 0.25) is 0 Å². The van der Waals surface area contributed by atoms with Crippen LogP contribution in [-0.2, 0) is 19.4 Å². The molecule has 3 nitrogen and oxygen atoms in total. The Hall–Kier alpha value is -0.822. The zero-order valence-corrected chi connectivity index (χ0v) is 8.00. The third-order valence-electron chi connectivity index (χ3n) is 1.19. The summed E-state index contributed by atoms with van der Waals surface area (Å²) >= 11 is 1.89. The van der Waals surface area contributed by atoms with Crippen molar-refractivity contribution in [1.82, 2.24) is 15.0 Å². The van der Waals surface area contributed by atoms with Gasteiger partial charge in [-0.3, -0.25) is 0 Å². The molecule has 0 saturated heterocycles. The molecule has 0 aliphatic carbocycles. The van der Waals surface area contributed by atoms with Gasteiger partial charge in [-0.2, -0.15) is 0 Å². The first-order chi connectivity index (χ1) is 5.47. The number of rotatable bonds is 0. The van der Waals surface area contributed by atoms with E-state index in [-0.39, 0.29) is 0 Å². The number of hydrogen-bond acceptors (Lipinski definition) is 2. The van der Waals surface area contributed by atoms with Gasteiger partial charge >= 0.3 is 24.3 Å². The topological polar surface area (TPSA) is 41.6 Å². The summed E-state index contributed by atoms with van der Waals surface area (Å²) < 4.78 is 0. The monoisotopic (exact) mass is 328 g/mol. The van der Waals surface area contributed by atoms with Crippen LogP contribution in [0.15, 0.2) is 24.7 Å². The molecule has 0 saturated carbocycles. The summed E-state index contributed by atoms with van der Waals surface area (Å²) in [6.07, 6.45) is 3.36. The molecule has 0 spiro atoms. The zero-order chi connectivity index (χ0) is 8.10. The van der Waals surface area contributed by atoms with Gasteiger partial charge in [0.25, 0.3) is 0 Å². The van der Waals surface area contributed by atoms with Crippen LogP contribution < -0.4 is 0 Å². The van der Waals surface area contributed by atoms with Gasteiger partial charge < -0.3 is 4.98 Å². The van der Waals surface area contributed by atoms with E-state index >= 15 is 0 Å². The molecule has 11 heavy (non-hydrogen) atoms. The molecule has 60 valence electrons. The Morgan fingerprint density at radius 1 is 1.36 bits per heavy atom. The van der Waals surface area contributed by atoms with E-state index in [2.05, 4.69) is 19.9 Å². The summed E-state index contributed by atoms with van der Waals surface area (Å²) in [6, 6.07) is 3.82. The maximum atomic E-state index is 4.00. The van der Waals surface area contributed by atoms with E-state index in [4.69, 9.17) is 0 Å². The normalized spacial score (nSPS) is 8.91. The fourth-order valence-corrected chi connectivity index (χ4v) is 0.775. The van der Waals surface area contributed by atoms with Crippen molar-refractivity contribution in [3.05, 3.63) is 24.7 Å². The molecule has 0 unspecified atom stereocenters. The Balaban J connectivity index is 0.000000281. The third kappa shape index (κ3) is 1.81. The van der Waals surface area contributed by atoms with Crippen LogP contribution in [0.2, 0.25) is 0 Å². The Kier molecular flexibility index (Phi) is 3.11. The molecule has 0 aromatic carbocycles. The first-order valence-corrected chi connectivity index (χ1v) is 4.54. The third-order valence-corrected chi connectivity index (χ3v) is 1.19. The van der Waals surface area contributed by atoms with Gasteiger partial charge in [0, 0.05) is 6.20 Å². The second kappa shape index (κ2) is 4.14. The predicted molar refractivity (Wildman–Crippen MR) is 41.0 cm³/mol.